The summed E-state index contributed by atoms with van der Waals surface area (Å²) >= 11 is 0. The van der Waals surface area contributed by atoms with Crippen molar-refractivity contribution in [3.05, 3.63) is 94.6 Å². The number of allylic oxidation sites excluding steroid dienone is 2. The van der Waals surface area contributed by atoms with Crippen LogP contribution in [0.2, 0.25) is 0 Å². The van der Waals surface area contributed by atoms with Crippen LogP contribution in [0.5, 0.6) is 0 Å². The first-order valence-corrected chi connectivity index (χ1v) is 42.4. The Labute approximate surface area is 648 Å². The molecule has 2 aromatic carbocycles. The molecular formula is C78H110F2N10O19S2. The number of amides is 9. The topological polar surface area (TPSA) is 395 Å². The number of hydrogen-bond acceptors (Lipinski definition) is 18. The van der Waals surface area contributed by atoms with Crippen LogP contribution in [0, 0.1) is 23.5 Å². The number of carboxylic acid groups (broad SMARTS) is 1. The van der Waals surface area contributed by atoms with E-state index in [-0.39, 0.29) is 70.0 Å². The second-order valence-electron chi connectivity index (χ2n) is 33.1. The Morgan fingerprint density at radius 1 is 0.586 bits per heavy atom. The highest BCUT2D eigenvalue weighted by atomic mass is 32.2. The van der Waals surface area contributed by atoms with Crippen molar-refractivity contribution in [3.8, 4) is 0 Å². The normalized spacial score (nSPS) is 28.8. The number of primary sulfonamides is 1. The predicted octanol–water partition coefficient (Wildman–Crippen LogP) is 9.32. The van der Waals surface area contributed by atoms with Gasteiger partial charge in [-0.1, -0.05) is 114 Å². The van der Waals surface area contributed by atoms with Crippen LogP contribution in [0.25, 0.3) is 0 Å². The maximum absolute atomic E-state index is 14.8. The lowest BCUT2D eigenvalue weighted by molar-refractivity contribution is -0.146. The largest absolute Gasteiger partial charge is 0.479 e. The van der Waals surface area contributed by atoms with E-state index in [2.05, 4.69) is 26.0 Å². The highest BCUT2D eigenvalue weighted by Crippen LogP contribution is 2.48. The summed E-state index contributed by atoms with van der Waals surface area (Å²) in [6.45, 7) is 14.5. The average Bonchev–Trinajstić information content (AvgIpc) is 1.58. The molecule has 33 heteroatoms. The Morgan fingerprint density at radius 3 is 1.38 bits per heavy atom. The number of alkyl carbamates (subject to hydrolysis) is 2. The second-order valence-corrected chi connectivity index (χ2v) is 36.9. The number of carbonyl (C=O) groups is 10. The number of hydrogen-bond donors (Lipinski definition) is 7. The number of halogens is 2. The molecule has 0 radical (unpaired) electrons. The highest BCUT2D eigenvalue weighted by molar-refractivity contribution is 7.91. The van der Waals surface area contributed by atoms with Gasteiger partial charge >= 0.3 is 30.3 Å². The molecule has 12 rings (SSSR count). The molecule has 8 N–H and O–H groups in total. The van der Waals surface area contributed by atoms with Crippen molar-refractivity contribution in [2.75, 3.05) is 0 Å². The Kier molecular flexibility index (Phi) is 27.0. The number of sulfonamides is 2. The number of ether oxygens (including phenoxy) is 4. The van der Waals surface area contributed by atoms with E-state index in [9.17, 15) is 78.7 Å². The van der Waals surface area contributed by atoms with Crippen LogP contribution in [-0.4, -0.2) is 183 Å². The van der Waals surface area contributed by atoms with E-state index in [1.165, 1.54) is 31.7 Å². The molecule has 9 amide bonds. The number of rotatable bonds is 15. The minimum absolute atomic E-state index is 0.00205. The van der Waals surface area contributed by atoms with Gasteiger partial charge in [0.25, 0.3) is 5.91 Å². The molecule has 6 heterocycles. The molecule has 0 bridgehead atoms. The van der Waals surface area contributed by atoms with Gasteiger partial charge in [-0.15, -0.1) is 0 Å². The molecule has 0 aromatic heterocycles. The molecule has 12 atom stereocenters. The molecule has 0 unspecified atom stereocenters. The van der Waals surface area contributed by atoms with Gasteiger partial charge in [0.2, 0.25) is 43.7 Å². The summed E-state index contributed by atoms with van der Waals surface area (Å²) in [7, 11) is -7.07. The Bertz CT molecular complexity index is 4130. The third-order valence-electron chi connectivity index (χ3n) is 22.0. The van der Waals surface area contributed by atoms with Crippen LogP contribution in [0.4, 0.5) is 28.0 Å². The molecule has 0 spiro atoms. The van der Waals surface area contributed by atoms with Crippen LogP contribution < -0.4 is 31.1 Å². The van der Waals surface area contributed by atoms with Gasteiger partial charge in [0.15, 0.2) is 0 Å². The van der Waals surface area contributed by atoms with E-state index in [1.807, 2.05) is 38.2 Å². The van der Waals surface area contributed by atoms with E-state index in [0.717, 1.165) is 51.4 Å². The van der Waals surface area contributed by atoms with Crippen molar-refractivity contribution >= 4 is 79.9 Å². The first-order chi connectivity index (χ1) is 52.4. The fourth-order valence-electron chi connectivity index (χ4n) is 15.6. The van der Waals surface area contributed by atoms with Crippen molar-refractivity contribution < 1.29 is 97.6 Å². The molecule has 111 heavy (non-hydrogen) atoms. The summed E-state index contributed by atoms with van der Waals surface area (Å²) in [6.07, 6.45) is 14.9. The molecule has 4 aliphatic carbocycles. The van der Waals surface area contributed by atoms with Crippen LogP contribution in [0.15, 0.2) is 60.7 Å². The maximum Gasteiger partial charge on any atom is 0.410 e. The minimum atomic E-state index is -3.94. The lowest BCUT2D eigenvalue weighted by Crippen LogP contribution is -2.59. The molecule has 6 aliphatic heterocycles. The molecule has 2 aromatic rings. The molecule has 6 fully saturated rings. The summed E-state index contributed by atoms with van der Waals surface area (Å²) in [5.41, 5.74) is -2.60. The van der Waals surface area contributed by atoms with Crippen molar-refractivity contribution in [2.45, 2.75) is 317 Å². The molecule has 612 valence electrons. The predicted molar refractivity (Wildman–Crippen MR) is 402 cm³/mol. The lowest BCUT2D eigenvalue weighted by atomic mass is 10.0. The Morgan fingerprint density at radius 2 is 1.00 bits per heavy atom. The zero-order chi connectivity index (χ0) is 80.7. The van der Waals surface area contributed by atoms with E-state index >= 15 is 0 Å². The summed E-state index contributed by atoms with van der Waals surface area (Å²) < 4.78 is 101. The fraction of sp³-hybridized carbons (Fsp3) is 0.667. The van der Waals surface area contributed by atoms with Gasteiger partial charge in [-0.05, 0) is 155 Å². The van der Waals surface area contributed by atoms with Crippen LogP contribution in [-0.2, 0) is 93.9 Å². The van der Waals surface area contributed by atoms with Crippen molar-refractivity contribution in [1.29, 1.82) is 0 Å². The molecule has 10 aliphatic rings. The number of benzene rings is 2. The monoisotopic (exact) mass is 1590 g/mol. The summed E-state index contributed by atoms with van der Waals surface area (Å²) in [4.78, 5) is 143. The summed E-state index contributed by atoms with van der Waals surface area (Å²) in [6, 6.07) is 3.26. The van der Waals surface area contributed by atoms with Crippen molar-refractivity contribution in [1.82, 2.24) is 45.6 Å². The van der Waals surface area contributed by atoms with Gasteiger partial charge in [0, 0.05) is 48.9 Å². The van der Waals surface area contributed by atoms with Gasteiger partial charge in [-0.3, -0.25) is 38.5 Å². The fourth-order valence-corrected chi connectivity index (χ4v) is 17.7. The Balaban J connectivity index is 0.000000217. The number of aliphatic carboxylic acids is 1. The number of nitrogens with one attached hydrogen (secondary N) is 5. The molecule has 4 saturated carbocycles. The van der Waals surface area contributed by atoms with Gasteiger partial charge in [-0.25, -0.2) is 54.7 Å². The van der Waals surface area contributed by atoms with E-state index < -0.39 is 179 Å². The Hall–Kier alpha value is -8.46. The summed E-state index contributed by atoms with van der Waals surface area (Å²) in [5.74, 6) is -6.16. The third-order valence-corrected chi connectivity index (χ3v) is 25.2. The number of nitrogens with two attached hydrogens (primary N) is 1. The van der Waals surface area contributed by atoms with Crippen LogP contribution in [0.1, 0.15) is 232 Å². The van der Waals surface area contributed by atoms with Gasteiger partial charge in [0.05, 0.1) is 35.7 Å². The summed E-state index contributed by atoms with van der Waals surface area (Å²) in [5, 5.41) is 25.1. The van der Waals surface area contributed by atoms with Crippen LogP contribution >= 0.6 is 0 Å². The lowest BCUT2D eigenvalue weighted by Gasteiger charge is -2.35. The van der Waals surface area contributed by atoms with E-state index in [1.54, 1.807) is 65.8 Å². The van der Waals surface area contributed by atoms with Crippen molar-refractivity contribution in [2.24, 2.45) is 17.0 Å². The van der Waals surface area contributed by atoms with Crippen molar-refractivity contribution in [3.63, 3.8) is 0 Å². The van der Waals surface area contributed by atoms with Gasteiger partial charge < -0.3 is 55.1 Å². The van der Waals surface area contributed by atoms with Gasteiger partial charge in [-0.2, -0.15) is 0 Å². The quantitative estimate of drug-likeness (QED) is 0.0644. The highest BCUT2D eigenvalue weighted by Gasteiger charge is 2.64. The standard InChI is InChI=1S/C39H54FN5O9S.C36H49FN4O8.C3H7NO2S/c1-5-6-17-30-32(53-37(50)44-22-24-13-12-15-28(40)27(24)23-44)20-31-33(46)42-39(35(48)43-55(51,52)26-18-19-26)21-25(39)14-10-8-7-9-11-16-29(34(47)45(30)31)41-36(49)54-38(2,3)4;1-5-6-17-27-29(48-34(47)40-20-22-13-12-15-25(37)24(22)21-40)18-28-30(42)39-36(32(44)45)19-23(36)14-10-8-7-9-11-16-26(31(43)41(27)28)38-33(46)49-35(2,3)4;4-7(5,6)3-1-2-3/h10,12-15,25-26,29-32H,5-9,11,16-23H2,1-4H3,(H,41,49)(H,42,46)(H,43,48);10,12-15,23,26-29H,5-9,11,16-21H2,1-4H3,(H,38,46)(H,39,42)(H,44,45);3H,1-2H2,(H2,4,5,6)/b2*14-10-;/t25-,29+,30+,31+,32-,39-;23-,26+,27+,28+,29-,36-;/m11./s1. The minimum Gasteiger partial charge on any atom is -0.479 e. The zero-order valence-electron chi connectivity index (χ0n) is 64.7. The second kappa shape index (κ2) is 35.3. The number of carbonyl (C=O) groups excluding carboxylic acids is 9. The third kappa shape index (κ3) is 21.5. The first kappa shape index (κ1) is 85.0. The molecular weight excluding hydrogens is 1480 g/mol. The van der Waals surface area contributed by atoms with E-state index in [0.29, 0.717) is 86.5 Å². The van der Waals surface area contributed by atoms with E-state index in [4.69, 9.17) is 24.1 Å². The molecule has 29 nitrogen and oxygen atoms in total. The smallest absolute Gasteiger partial charge is 0.410 e. The zero-order valence-corrected chi connectivity index (χ0v) is 66.4. The number of fused-ring (bicyclic) bond motifs is 6. The number of unbranched alkanes of at least 4 members (excludes halogenated alkanes) is 2. The average molecular weight is 1590 g/mol. The SMILES string of the molecule is CCCC[C@H]1[C@H](OC(=O)N2Cc3cccc(F)c3C2)C[C@H]2C(=O)N[C@]3(C(=O)NS(=O)(=O)C4CC4)C[C@H]3/C=C\CCCCC[C@H](NC(=O)OC(C)(C)C)C(=O)N21.CCCC[C@H]1[C@H](OC(=O)N2Cc3cccc(F)c3C2)C[C@H]2C(=O)N[C@]3(C(=O)O)C[C@H]3/C=C\CCCCC[C@H](NC(=O)OC(C)(C)C)C(=O)N21.NS(=O)(=O)C1CC1. The molecule has 2 saturated heterocycles. The first-order valence-electron chi connectivity index (χ1n) is 39.2. The number of carboxylic acids is 1. The van der Waals surface area contributed by atoms with Crippen LogP contribution in [0.3, 0.4) is 0 Å². The van der Waals surface area contributed by atoms with Gasteiger partial charge in [0.1, 0.15) is 70.3 Å². The number of nitrogens with zero attached hydrogens (tertiary/aromatic N) is 4. The maximum atomic E-state index is 14.8.